The van der Waals surface area contributed by atoms with Crippen molar-refractivity contribution in [3.63, 3.8) is 0 Å². The maximum atomic E-state index is 13.8. The number of methoxy groups -OCH3 is 1. The first kappa shape index (κ1) is 31.8. The number of hydrogen-bond acceptors (Lipinski definition) is 3. The SMILES string of the molecule is COCC(=O)CC(C)(C)CNC(=O)c1c(C)c(CC2CCCCC2)n(-c2cc(C(C)(C)C)cc(C3(C)CC3)c2)c1Cl. The third-order valence-electron chi connectivity index (χ3n) is 9.36. The number of Topliss-reactive ketones (excluding diaryl/α,β-unsaturated/α-hetero) is 1. The summed E-state index contributed by atoms with van der Waals surface area (Å²) in [5, 5.41) is 3.60. The fourth-order valence-electron chi connectivity index (χ4n) is 6.35. The molecule has 226 valence electrons. The largest absolute Gasteiger partial charge is 0.377 e. The molecule has 2 saturated carbocycles. The third kappa shape index (κ3) is 7.46. The van der Waals surface area contributed by atoms with Gasteiger partial charge in [0.15, 0.2) is 5.78 Å². The molecule has 1 heterocycles. The average Bonchev–Trinajstić information content (AvgIpc) is 3.60. The Morgan fingerprint density at radius 3 is 2.32 bits per heavy atom. The Morgan fingerprint density at radius 2 is 1.73 bits per heavy atom. The molecule has 0 bridgehead atoms. The number of amides is 1. The topological polar surface area (TPSA) is 60.3 Å². The molecular weight excluding hydrogens is 532 g/mol. The first-order valence-electron chi connectivity index (χ1n) is 15.5. The maximum Gasteiger partial charge on any atom is 0.254 e. The zero-order valence-electron chi connectivity index (χ0n) is 26.6. The van der Waals surface area contributed by atoms with Crippen LogP contribution in [0.3, 0.4) is 0 Å². The van der Waals surface area contributed by atoms with Crippen molar-refractivity contribution >= 4 is 23.3 Å². The number of benzene rings is 1. The lowest BCUT2D eigenvalue weighted by Crippen LogP contribution is -2.36. The quantitative estimate of drug-likeness (QED) is 0.290. The van der Waals surface area contributed by atoms with E-state index in [1.54, 1.807) is 0 Å². The zero-order chi connectivity index (χ0) is 30.2. The predicted octanol–water partition coefficient (Wildman–Crippen LogP) is 8.27. The first-order valence-corrected chi connectivity index (χ1v) is 15.9. The highest BCUT2D eigenvalue weighted by molar-refractivity contribution is 6.33. The zero-order valence-corrected chi connectivity index (χ0v) is 27.4. The lowest BCUT2D eigenvalue weighted by Gasteiger charge is -2.26. The van der Waals surface area contributed by atoms with Gasteiger partial charge >= 0.3 is 0 Å². The van der Waals surface area contributed by atoms with Crippen LogP contribution in [-0.2, 0) is 26.8 Å². The van der Waals surface area contributed by atoms with Crippen LogP contribution in [-0.4, -0.2) is 36.5 Å². The second kappa shape index (κ2) is 12.2. The van der Waals surface area contributed by atoms with E-state index in [4.69, 9.17) is 16.3 Å². The molecule has 5 nitrogen and oxygen atoms in total. The van der Waals surface area contributed by atoms with Crippen LogP contribution >= 0.6 is 11.6 Å². The highest BCUT2D eigenvalue weighted by Crippen LogP contribution is 2.49. The Kier molecular flexibility index (Phi) is 9.50. The second-order valence-corrected chi connectivity index (χ2v) is 15.2. The molecular formula is C35H51ClN2O3. The van der Waals surface area contributed by atoms with E-state index >= 15 is 0 Å². The van der Waals surface area contributed by atoms with Gasteiger partial charge in [0, 0.05) is 31.5 Å². The number of rotatable bonds is 11. The van der Waals surface area contributed by atoms with E-state index in [0.717, 1.165) is 23.4 Å². The van der Waals surface area contributed by atoms with Gasteiger partial charge < -0.3 is 14.6 Å². The highest BCUT2D eigenvalue weighted by atomic mass is 35.5. The summed E-state index contributed by atoms with van der Waals surface area (Å²) in [5.74, 6) is 0.450. The van der Waals surface area contributed by atoms with E-state index in [1.807, 2.05) is 13.8 Å². The van der Waals surface area contributed by atoms with Crippen molar-refractivity contribution < 1.29 is 14.3 Å². The minimum Gasteiger partial charge on any atom is -0.377 e. The molecule has 1 N–H and O–H groups in total. The van der Waals surface area contributed by atoms with Crippen molar-refractivity contribution in [1.29, 1.82) is 0 Å². The van der Waals surface area contributed by atoms with Gasteiger partial charge in [0.05, 0.1) is 5.56 Å². The van der Waals surface area contributed by atoms with Gasteiger partial charge in [0.2, 0.25) is 0 Å². The van der Waals surface area contributed by atoms with Crippen LogP contribution in [0.2, 0.25) is 5.15 Å². The molecule has 0 aliphatic heterocycles. The van der Waals surface area contributed by atoms with Gasteiger partial charge in [-0.1, -0.05) is 91.3 Å². The number of nitrogens with zero attached hydrogens (tertiary/aromatic N) is 1. The van der Waals surface area contributed by atoms with Crippen molar-refractivity contribution in [1.82, 2.24) is 9.88 Å². The molecule has 2 aromatic rings. The number of carbonyl (C=O) groups is 2. The number of ketones is 1. The lowest BCUT2D eigenvalue weighted by atomic mass is 9.83. The number of ether oxygens (including phenoxy) is 1. The Labute approximate surface area is 252 Å². The van der Waals surface area contributed by atoms with Gasteiger partial charge in [0.25, 0.3) is 5.91 Å². The van der Waals surface area contributed by atoms with Crippen LogP contribution in [0.5, 0.6) is 0 Å². The highest BCUT2D eigenvalue weighted by Gasteiger charge is 2.40. The van der Waals surface area contributed by atoms with E-state index in [2.05, 4.69) is 62.7 Å². The molecule has 4 rings (SSSR count). The second-order valence-electron chi connectivity index (χ2n) is 14.9. The summed E-state index contributed by atoms with van der Waals surface area (Å²) in [7, 11) is 1.53. The van der Waals surface area contributed by atoms with E-state index in [9.17, 15) is 9.59 Å². The van der Waals surface area contributed by atoms with Crippen LogP contribution in [0.4, 0.5) is 0 Å². The Balaban J connectivity index is 1.75. The van der Waals surface area contributed by atoms with Gasteiger partial charge in [-0.15, -0.1) is 0 Å². The molecule has 0 atom stereocenters. The lowest BCUT2D eigenvalue weighted by molar-refractivity contribution is -0.124. The van der Waals surface area contributed by atoms with Crippen LogP contribution in [0.15, 0.2) is 18.2 Å². The van der Waals surface area contributed by atoms with Gasteiger partial charge in [-0.3, -0.25) is 9.59 Å². The molecule has 41 heavy (non-hydrogen) atoms. The minimum atomic E-state index is -0.394. The summed E-state index contributed by atoms with van der Waals surface area (Å²) in [5.41, 5.74) is 6.18. The summed E-state index contributed by atoms with van der Waals surface area (Å²) >= 11 is 7.24. The molecule has 0 unspecified atom stereocenters. The third-order valence-corrected chi connectivity index (χ3v) is 9.72. The number of halogens is 1. The number of hydrogen-bond donors (Lipinski definition) is 1. The normalized spacial score (nSPS) is 17.5. The molecule has 0 radical (unpaired) electrons. The molecule has 0 saturated heterocycles. The number of nitrogens with one attached hydrogen (secondary N) is 1. The Morgan fingerprint density at radius 1 is 1.07 bits per heavy atom. The van der Waals surface area contributed by atoms with Crippen LogP contribution in [0.1, 0.15) is 126 Å². The monoisotopic (exact) mass is 582 g/mol. The molecule has 1 aromatic heterocycles. The van der Waals surface area contributed by atoms with E-state index in [1.165, 1.54) is 63.2 Å². The summed E-state index contributed by atoms with van der Waals surface area (Å²) in [6.07, 6.45) is 9.94. The fourth-order valence-corrected chi connectivity index (χ4v) is 6.78. The molecule has 6 heteroatoms. The van der Waals surface area contributed by atoms with E-state index < -0.39 is 5.41 Å². The summed E-state index contributed by atoms with van der Waals surface area (Å²) in [6, 6.07) is 6.96. The molecule has 0 spiro atoms. The van der Waals surface area contributed by atoms with Crippen LogP contribution < -0.4 is 5.32 Å². The average molecular weight is 583 g/mol. The Bertz CT molecular complexity index is 1250. The number of carbonyl (C=O) groups excluding carboxylic acids is 2. The van der Waals surface area contributed by atoms with Crippen molar-refractivity contribution in [2.75, 3.05) is 20.3 Å². The Hall–Kier alpha value is -2.11. The first-order chi connectivity index (χ1) is 19.1. The minimum absolute atomic E-state index is 0.0136. The van der Waals surface area contributed by atoms with Gasteiger partial charge in [0.1, 0.15) is 11.8 Å². The van der Waals surface area contributed by atoms with E-state index in [0.29, 0.717) is 29.6 Å². The van der Waals surface area contributed by atoms with Crippen molar-refractivity contribution in [3.8, 4) is 5.69 Å². The smallest absolute Gasteiger partial charge is 0.254 e. The summed E-state index contributed by atoms with van der Waals surface area (Å²) in [4.78, 5) is 26.0. The molecule has 2 aliphatic rings. The molecule has 2 fully saturated rings. The summed E-state index contributed by atoms with van der Waals surface area (Å²) < 4.78 is 7.18. The van der Waals surface area contributed by atoms with Crippen molar-refractivity contribution in [2.45, 2.75) is 117 Å². The maximum absolute atomic E-state index is 13.8. The van der Waals surface area contributed by atoms with Crippen LogP contribution in [0, 0.1) is 18.3 Å². The van der Waals surface area contributed by atoms with Crippen molar-refractivity contribution in [2.24, 2.45) is 11.3 Å². The summed E-state index contributed by atoms with van der Waals surface area (Å²) in [6.45, 7) is 15.6. The predicted molar refractivity (Wildman–Crippen MR) is 169 cm³/mol. The van der Waals surface area contributed by atoms with Gasteiger partial charge in [-0.05, 0) is 77.2 Å². The fraction of sp³-hybridized carbons (Fsp3) is 0.657. The van der Waals surface area contributed by atoms with E-state index in [-0.39, 0.29) is 29.1 Å². The van der Waals surface area contributed by atoms with Gasteiger partial charge in [-0.25, -0.2) is 0 Å². The van der Waals surface area contributed by atoms with Gasteiger partial charge in [-0.2, -0.15) is 0 Å². The van der Waals surface area contributed by atoms with Crippen LogP contribution in [0.25, 0.3) is 5.69 Å². The standard InChI is InChI=1S/C35H51ClN2O3/c1-23-29(16-24-12-10-9-11-13-24)38(27-18-25(33(2,3)4)17-26(19-27)35(7)14-15-35)31(36)30(23)32(40)37-22-34(5,6)20-28(39)21-41-8/h17-19,24H,9-16,20-22H2,1-8H3,(H,37,40). The molecule has 1 amide bonds. The number of aromatic nitrogens is 1. The molecule has 1 aromatic carbocycles. The molecule has 2 aliphatic carbocycles. The van der Waals surface area contributed by atoms with Crippen molar-refractivity contribution in [3.05, 3.63) is 51.3 Å².